The van der Waals surface area contributed by atoms with Crippen molar-refractivity contribution in [1.82, 2.24) is 9.66 Å². The number of nitrogens with one attached hydrogen (secondary N) is 1. The third-order valence-electron chi connectivity index (χ3n) is 1.62. The molecule has 0 atom stereocenters. The molecule has 0 spiro atoms. The summed E-state index contributed by atoms with van der Waals surface area (Å²) in [6.07, 6.45) is 1.41. The van der Waals surface area contributed by atoms with E-state index in [0.717, 1.165) is 0 Å². The highest BCUT2D eigenvalue weighted by atomic mass is 16.2. The fourth-order valence-electron chi connectivity index (χ4n) is 0.982. The summed E-state index contributed by atoms with van der Waals surface area (Å²) in [7, 11) is 3.39. The zero-order valence-corrected chi connectivity index (χ0v) is 8.29. The fourth-order valence-corrected chi connectivity index (χ4v) is 0.982. The molecule has 0 radical (unpaired) electrons. The van der Waals surface area contributed by atoms with Crippen LogP contribution in [0, 0.1) is 11.8 Å². The maximum atomic E-state index is 11.3. The summed E-state index contributed by atoms with van der Waals surface area (Å²) in [5, 5.41) is 1.55. The molecule has 1 N–H and O–H groups in total. The molecule has 0 unspecified atom stereocenters. The van der Waals surface area contributed by atoms with Crippen molar-refractivity contribution in [3.05, 3.63) is 32.6 Å². The summed E-state index contributed by atoms with van der Waals surface area (Å²) in [5.41, 5.74) is -0.648. The minimum Gasteiger partial charge on any atom is -0.315 e. The molecule has 1 rings (SSSR count). The van der Waals surface area contributed by atoms with Gasteiger partial charge in [-0.25, -0.2) is 9.47 Å². The number of hydrogen-bond donors (Lipinski definition) is 1. The predicted octanol–water partition coefficient (Wildman–Crippen LogP) is -0.894. The van der Waals surface area contributed by atoms with Crippen LogP contribution >= 0.6 is 0 Å². The summed E-state index contributed by atoms with van der Waals surface area (Å²) >= 11 is 0. The lowest BCUT2D eigenvalue weighted by Gasteiger charge is -2.14. The van der Waals surface area contributed by atoms with E-state index in [-0.39, 0.29) is 5.56 Å². The van der Waals surface area contributed by atoms with Crippen LogP contribution in [0.5, 0.6) is 0 Å². The second kappa shape index (κ2) is 3.83. The largest absolute Gasteiger partial charge is 0.347 e. The third kappa shape index (κ3) is 1.85. The van der Waals surface area contributed by atoms with E-state index in [0.29, 0.717) is 0 Å². The van der Waals surface area contributed by atoms with Gasteiger partial charge in [0.1, 0.15) is 5.56 Å². The molecule has 0 fully saturated rings. The van der Waals surface area contributed by atoms with Crippen molar-refractivity contribution < 1.29 is 0 Å². The number of hydrogen-bond acceptors (Lipinski definition) is 3. The number of H-pyrrole nitrogens is 1. The monoisotopic (exact) mass is 193 g/mol. The molecule has 74 valence electrons. The van der Waals surface area contributed by atoms with Gasteiger partial charge in [-0.2, -0.15) is 0 Å². The minimum absolute atomic E-state index is 0.279. The molecule has 0 aromatic carbocycles. The van der Waals surface area contributed by atoms with Gasteiger partial charge in [0.2, 0.25) is 0 Å². The van der Waals surface area contributed by atoms with Gasteiger partial charge in [-0.3, -0.25) is 9.78 Å². The van der Waals surface area contributed by atoms with Crippen molar-refractivity contribution >= 4 is 0 Å². The zero-order chi connectivity index (χ0) is 10.7. The first-order valence-electron chi connectivity index (χ1n) is 4.02. The maximum Gasteiger partial charge on any atom is 0.347 e. The maximum absolute atomic E-state index is 11.3. The number of rotatable bonds is 1. The Balaban J connectivity index is 3.48. The number of aromatic amines is 1. The van der Waals surface area contributed by atoms with Crippen LogP contribution < -0.4 is 16.3 Å². The number of nitrogens with zero attached hydrogens (tertiary/aromatic N) is 2. The zero-order valence-electron chi connectivity index (χ0n) is 8.29. The van der Waals surface area contributed by atoms with Gasteiger partial charge in [-0.1, -0.05) is 5.92 Å². The van der Waals surface area contributed by atoms with Crippen molar-refractivity contribution in [2.24, 2.45) is 0 Å². The van der Waals surface area contributed by atoms with Crippen molar-refractivity contribution in [1.29, 1.82) is 0 Å². The van der Waals surface area contributed by atoms with Gasteiger partial charge in [0.05, 0.1) is 6.20 Å². The van der Waals surface area contributed by atoms with Crippen LogP contribution in [0.1, 0.15) is 12.5 Å². The van der Waals surface area contributed by atoms with Crippen molar-refractivity contribution in [3.63, 3.8) is 0 Å². The molecule has 1 aromatic heterocycles. The number of aromatic nitrogens is 2. The molecule has 0 aliphatic heterocycles. The van der Waals surface area contributed by atoms with E-state index in [1.165, 1.54) is 10.9 Å². The molecule has 1 aromatic rings. The second-order valence-corrected chi connectivity index (χ2v) is 2.87. The van der Waals surface area contributed by atoms with Gasteiger partial charge in [-0.05, 0) is 6.92 Å². The molecule has 5 nitrogen and oxygen atoms in total. The summed E-state index contributed by atoms with van der Waals surface area (Å²) in [4.78, 5) is 24.7. The first kappa shape index (κ1) is 10.1. The van der Waals surface area contributed by atoms with Gasteiger partial charge in [0.25, 0.3) is 5.56 Å². The first-order chi connectivity index (χ1) is 6.56. The molecule has 0 saturated carbocycles. The van der Waals surface area contributed by atoms with Gasteiger partial charge in [-0.15, -0.1) is 5.92 Å². The smallest absolute Gasteiger partial charge is 0.315 e. The van der Waals surface area contributed by atoms with Gasteiger partial charge >= 0.3 is 5.69 Å². The standard InChI is InChI=1S/C9H11N3O2/c1-4-5-7-6-12(11(2)3)9(14)10-8(7)13/h6H,1-3H3,(H,10,13,14). The Morgan fingerprint density at radius 1 is 1.43 bits per heavy atom. The van der Waals surface area contributed by atoms with E-state index in [2.05, 4.69) is 16.8 Å². The Morgan fingerprint density at radius 3 is 2.57 bits per heavy atom. The van der Waals surface area contributed by atoms with Crippen LogP contribution in [0.4, 0.5) is 0 Å². The van der Waals surface area contributed by atoms with Crippen LogP contribution in [0.15, 0.2) is 15.8 Å². The molecule has 0 saturated heterocycles. The summed E-state index contributed by atoms with van der Waals surface area (Å²) in [6.45, 7) is 1.63. The van der Waals surface area contributed by atoms with Crippen LogP contribution in [-0.4, -0.2) is 23.8 Å². The molecular weight excluding hydrogens is 182 g/mol. The summed E-state index contributed by atoms with van der Waals surface area (Å²) in [6, 6.07) is 0. The Hall–Kier alpha value is -1.96. The third-order valence-corrected chi connectivity index (χ3v) is 1.62. The second-order valence-electron chi connectivity index (χ2n) is 2.87. The highest BCUT2D eigenvalue weighted by Crippen LogP contribution is 1.84. The Kier molecular flexibility index (Phi) is 2.77. The van der Waals surface area contributed by atoms with Gasteiger partial charge in [0, 0.05) is 14.1 Å². The van der Waals surface area contributed by atoms with Crippen LogP contribution in [0.25, 0.3) is 0 Å². The van der Waals surface area contributed by atoms with E-state index >= 15 is 0 Å². The SMILES string of the molecule is CC#Cc1cn(N(C)C)c(=O)[nH]c1=O. The Bertz CT molecular complexity index is 499. The van der Waals surface area contributed by atoms with Crippen molar-refractivity contribution in [3.8, 4) is 11.8 Å². The molecule has 5 heteroatoms. The molecule has 0 amide bonds. The van der Waals surface area contributed by atoms with Crippen molar-refractivity contribution in [2.75, 3.05) is 19.1 Å². The van der Waals surface area contributed by atoms with Crippen LogP contribution in [0.3, 0.4) is 0 Å². The molecule has 0 aliphatic rings. The minimum atomic E-state index is -0.471. The van der Waals surface area contributed by atoms with E-state index in [9.17, 15) is 9.59 Å². The average Bonchev–Trinajstić information content (AvgIpc) is 2.09. The average molecular weight is 193 g/mol. The Labute approximate surface area is 81.0 Å². The lowest BCUT2D eigenvalue weighted by molar-refractivity contribution is 0.669. The van der Waals surface area contributed by atoms with Crippen LogP contribution in [0.2, 0.25) is 0 Å². The van der Waals surface area contributed by atoms with Gasteiger partial charge < -0.3 is 5.01 Å². The lowest BCUT2D eigenvalue weighted by Crippen LogP contribution is -2.40. The molecule has 0 aliphatic carbocycles. The highest BCUT2D eigenvalue weighted by Gasteiger charge is 2.02. The fraction of sp³-hybridized carbons (Fsp3) is 0.333. The van der Waals surface area contributed by atoms with Crippen molar-refractivity contribution in [2.45, 2.75) is 6.92 Å². The molecule has 14 heavy (non-hydrogen) atoms. The summed E-state index contributed by atoms with van der Waals surface area (Å²) in [5.74, 6) is 5.22. The van der Waals surface area contributed by atoms with E-state index in [1.54, 1.807) is 26.0 Å². The van der Waals surface area contributed by atoms with E-state index in [4.69, 9.17) is 0 Å². The van der Waals surface area contributed by atoms with E-state index < -0.39 is 11.2 Å². The molecular formula is C9H11N3O2. The quantitative estimate of drug-likeness (QED) is 0.588. The normalized spacial score (nSPS) is 9.07. The van der Waals surface area contributed by atoms with E-state index in [1.807, 2.05) is 0 Å². The summed E-state index contributed by atoms with van der Waals surface area (Å²) < 4.78 is 1.28. The topological polar surface area (TPSA) is 58.1 Å². The molecule has 0 bridgehead atoms. The first-order valence-corrected chi connectivity index (χ1v) is 4.02. The lowest BCUT2D eigenvalue weighted by atomic mass is 10.3. The van der Waals surface area contributed by atoms with Gasteiger partial charge in [0.15, 0.2) is 0 Å². The predicted molar refractivity (Wildman–Crippen MR) is 53.9 cm³/mol. The highest BCUT2D eigenvalue weighted by molar-refractivity contribution is 5.28. The van der Waals surface area contributed by atoms with Crippen LogP contribution in [-0.2, 0) is 0 Å². The molecule has 1 heterocycles. The Morgan fingerprint density at radius 2 is 2.07 bits per heavy atom.